The minimum atomic E-state index is 0.197. The number of nitrogen functional groups attached to an aromatic ring is 1. The smallest absolute Gasteiger partial charge is 0.330 e. The van der Waals surface area contributed by atoms with Gasteiger partial charge in [-0.2, -0.15) is 0 Å². The molecule has 0 aliphatic rings. The fourth-order valence-corrected chi connectivity index (χ4v) is 1.09. The van der Waals surface area contributed by atoms with Crippen molar-refractivity contribution in [2.75, 3.05) is 5.43 Å². The van der Waals surface area contributed by atoms with Crippen LogP contribution in [0.25, 0.3) is 12.2 Å². The van der Waals surface area contributed by atoms with Gasteiger partial charge in [-0.25, -0.2) is 5.84 Å². The van der Waals surface area contributed by atoms with Gasteiger partial charge in [0, 0.05) is 6.08 Å². The van der Waals surface area contributed by atoms with Gasteiger partial charge in [0.15, 0.2) is 0 Å². The molecule has 1 heterocycles. The maximum atomic E-state index is 5.11. The summed E-state index contributed by atoms with van der Waals surface area (Å²) in [6.07, 6.45) is 3.61. The van der Waals surface area contributed by atoms with Gasteiger partial charge in [0.1, 0.15) is 0 Å². The highest BCUT2D eigenvalue weighted by atomic mass is 16.4. The van der Waals surface area contributed by atoms with Crippen LogP contribution in [0.4, 0.5) is 6.01 Å². The highest BCUT2D eigenvalue weighted by Gasteiger charge is 1.98. The summed E-state index contributed by atoms with van der Waals surface area (Å²) in [5.74, 6) is 5.51. The van der Waals surface area contributed by atoms with E-state index in [1.165, 1.54) is 0 Å². The zero-order valence-electron chi connectivity index (χ0n) is 7.92. The Balaban J connectivity index is 2.11. The molecule has 3 N–H and O–H groups in total. The van der Waals surface area contributed by atoms with Crippen molar-refractivity contribution in [1.29, 1.82) is 0 Å². The number of hydrazine groups is 1. The molecule has 1 aromatic heterocycles. The van der Waals surface area contributed by atoms with E-state index < -0.39 is 0 Å². The number of rotatable bonds is 3. The molecule has 2 rings (SSSR count). The molecule has 5 heteroatoms. The standard InChI is InChI=1S/C10H10N4O/c11-12-10-14-13-9(15-10)7-6-8-4-2-1-3-5-8/h1-7H,11H2,(H,12,14)/b7-6+. The Morgan fingerprint density at radius 1 is 1.13 bits per heavy atom. The lowest BCUT2D eigenvalue weighted by molar-refractivity contribution is 0.556. The quantitative estimate of drug-likeness (QED) is 0.583. The van der Waals surface area contributed by atoms with Crippen LogP contribution in [0.5, 0.6) is 0 Å². The van der Waals surface area contributed by atoms with Gasteiger partial charge in [-0.1, -0.05) is 35.4 Å². The molecule has 0 atom stereocenters. The van der Waals surface area contributed by atoms with Crippen LogP contribution in [-0.4, -0.2) is 10.2 Å². The van der Waals surface area contributed by atoms with E-state index in [1.807, 2.05) is 36.4 Å². The van der Waals surface area contributed by atoms with Crippen molar-refractivity contribution in [3.63, 3.8) is 0 Å². The summed E-state index contributed by atoms with van der Waals surface area (Å²) in [7, 11) is 0. The summed E-state index contributed by atoms with van der Waals surface area (Å²) in [5.41, 5.74) is 3.34. The van der Waals surface area contributed by atoms with Gasteiger partial charge in [0.2, 0.25) is 5.89 Å². The van der Waals surface area contributed by atoms with E-state index in [9.17, 15) is 0 Å². The number of benzene rings is 1. The molecule has 0 spiro atoms. The molecule has 76 valence electrons. The van der Waals surface area contributed by atoms with Crippen LogP contribution in [0.2, 0.25) is 0 Å². The second-order valence-corrected chi connectivity index (χ2v) is 2.83. The molecule has 5 nitrogen and oxygen atoms in total. The fraction of sp³-hybridized carbons (Fsp3) is 0. The normalized spacial score (nSPS) is 10.7. The van der Waals surface area contributed by atoms with Crippen LogP contribution in [-0.2, 0) is 0 Å². The Morgan fingerprint density at radius 2 is 1.93 bits per heavy atom. The average Bonchev–Trinajstić information content (AvgIpc) is 2.76. The summed E-state index contributed by atoms with van der Waals surface area (Å²) in [4.78, 5) is 0. The highest BCUT2D eigenvalue weighted by Crippen LogP contribution is 2.08. The van der Waals surface area contributed by atoms with Crippen molar-refractivity contribution < 1.29 is 4.42 Å². The third-order valence-electron chi connectivity index (χ3n) is 1.78. The molecule has 0 bridgehead atoms. The molecular formula is C10H10N4O. The second kappa shape index (κ2) is 4.39. The molecule has 2 aromatic rings. The third kappa shape index (κ3) is 2.41. The lowest BCUT2D eigenvalue weighted by atomic mass is 10.2. The Kier molecular flexibility index (Phi) is 2.75. The van der Waals surface area contributed by atoms with Crippen molar-refractivity contribution in [1.82, 2.24) is 10.2 Å². The SMILES string of the molecule is NNc1nnc(/C=C/c2ccccc2)o1. The van der Waals surface area contributed by atoms with Crippen LogP contribution in [0.1, 0.15) is 11.5 Å². The van der Waals surface area contributed by atoms with Crippen LogP contribution in [0, 0.1) is 0 Å². The van der Waals surface area contributed by atoms with E-state index in [0.29, 0.717) is 5.89 Å². The Bertz CT molecular complexity index is 449. The van der Waals surface area contributed by atoms with Crippen LogP contribution >= 0.6 is 0 Å². The monoisotopic (exact) mass is 202 g/mol. The first-order valence-electron chi connectivity index (χ1n) is 4.42. The second-order valence-electron chi connectivity index (χ2n) is 2.83. The number of anilines is 1. The zero-order valence-corrected chi connectivity index (χ0v) is 7.92. The molecule has 0 unspecified atom stereocenters. The minimum Gasteiger partial charge on any atom is -0.403 e. The molecule has 0 aliphatic heterocycles. The van der Waals surface area contributed by atoms with Crippen molar-refractivity contribution in [3.05, 3.63) is 41.8 Å². The largest absolute Gasteiger partial charge is 0.403 e. The molecule has 0 amide bonds. The number of aromatic nitrogens is 2. The number of nitrogens with one attached hydrogen (secondary N) is 1. The molecule has 0 radical (unpaired) electrons. The highest BCUT2D eigenvalue weighted by molar-refractivity contribution is 5.65. The van der Waals surface area contributed by atoms with Gasteiger partial charge < -0.3 is 4.42 Å². The molecule has 15 heavy (non-hydrogen) atoms. The first-order chi connectivity index (χ1) is 7.38. The molecule has 1 aromatic carbocycles. The van der Waals surface area contributed by atoms with Crippen molar-refractivity contribution >= 4 is 18.2 Å². The van der Waals surface area contributed by atoms with E-state index in [4.69, 9.17) is 10.3 Å². The summed E-state index contributed by atoms with van der Waals surface area (Å²) >= 11 is 0. The first kappa shape index (κ1) is 9.42. The molecule has 0 saturated carbocycles. The van der Waals surface area contributed by atoms with E-state index in [2.05, 4.69) is 15.6 Å². The fourth-order valence-electron chi connectivity index (χ4n) is 1.09. The predicted molar refractivity (Wildman–Crippen MR) is 57.5 cm³/mol. The summed E-state index contributed by atoms with van der Waals surface area (Å²) in [5, 5.41) is 7.40. The molecular weight excluding hydrogens is 192 g/mol. The number of nitrogens with zero attached hydrogens (tertiary/aromatic N) is 2. The number of hydrogen-bond donors (Lipinski definition) is 2. The van der Waals surface area contributed by atoms with Gasteiger partial charge in [-0.05, 0) is 11.6 Å². The van der Waals surface area contributed by atoms with E-state index in [-0.39, 0.29) is 6.01 Å². The van der Waals surface area contributed by atoms with Gasteiger partial charge in [-0.3, -0.25) is 5.43 Å². The number of nitrogens with two attached hydrogens (primary N) is 1. The maximum Gasteiger partial charge on any atom is 0.330 e. The topological polar surface area (TPSA) is 77.0 Å². The van der Waals surface area contributed by atoms with Gasteiger partial charge in [0.25, 0.3) is 0 Å². The molecule has 0 saturated heterocycles. The van der Waals surface area contributed by atoms with E-state index >= 15 is 0 Å². The lowest BCUT2D eigenvalue weighted by Crippen LogP contribution is -2.06. The van der Waals surface area contributed by atoms with Crippen molar-refractivity contribution in [2.24, 2.45) is 5.84 Å². The van der Waals surface area contributed by atoms with E-state index in [0.717, 1.165) is 5.56 Å². The summed E-state index contributed by atoms with van der Waals surface area (Å²) in [6.45, 7) is 0. The van der Waals surface area contributed by atoms with Crippen LogP contribution in [0.3, 0.4) is 0 Å². The van der Waals surface area contributed by atoms with Gasteiger partial charge >= 0.3 is 6.01 Å². The van der Waals surface area contributed by atoms with Crippen LogP contribution < -0.4 is 11.3 Å². The lowest BCUT2D eigenvalue weighted by Gasteiger charge is -1.89. The Morgan fingerprint density at radius 3 is 2.60 bits per heavy atom. The first-order valence-corrected chi connectivity index (χ1v) is 4.42. The van der Waals surface area contributed by atoms with Crippen molar-refractivity contribution in [3.8, 4) is 0 Å². The predicted octanol–water partition coefficient (Wildman–Crippen LogP) is 1.53. The molecule has 0 aliphatic carbocycles. The van der Waals surface area contributed by atoms with E-state index in [1.54, 1.807) is 6.08 Å². The Hall–Kier alpha value is -2.14. The number of hydrogen-bond acceptors (Lipinski definition) is 5. The minimum absolute atomic E-state index is 0.197. The summed E-state index contributed by atoms with van der Waals surface area (Å²) in [6, 6.07) is 10.0. The average molecular weight is 202 g/mol. The third-order valence-corrected chi connectivity index (χ3v) is 1.78. The zero-order chi connectivity index (χ0) is 10.5. The Labute approximate surface area is 86.6 Å². The van der Waals surface area contributed by atoms with Gasteiger partial charge in [0.05, 0.1) is 0 Å². The van der Waals surface area contributed by atoms with Crippen molar-refractivity contribution in [2.45, 2.75) is 0 Å². The molecule has 0 fully saturated rings. The van der Waals surface area contributed by atoms with Crippen LogP contribution in [0.15, 0.2) is 34.7 Å². The maximum absolute atomic E-state index is 5.11. The summed E-state index contributed by atoms with van der Waals surface area (Å²) < 4.78 is 5.11. The van der Waals surface area contributed by atoms with Gasteiger partial charge in [-0.15, -0.1) is 5.10 Å².